The highest BCUT2D eigenvalue weighted by Crippen LogP contribution is 2.25. The fraction of sp³-hybridized carbons (Fsp3) is 1.00. The zero-order chi connectivity index (χ0) is 13.9. The third-order valence-corrected chi connectivity index (χ3v) is 6.56. The average Bonchev–Trinajstić information content (AvgIpc) is 2.47. The largest absolute Gasteiger partial charge is 0.317 e. The monoisotopic (exact) mass is 289 g/mol. The van der Waals surface area contributed by atoms with E-state index < -0.39 is 10.2 Å². The van der Waals surface area contributed by atoms with Crippen LogP contribution in [0.1, 0.15) is 39.0 Å². The molecule has 5 nitrogen and oxygen atoms in total. The Labute approximate surface area is 117 Å². The molecule has 112 valence electrons. The van der Waals surface area contributed by atoms with Crippen LogP contribution in [0.4, 0.5) is 0 Å². The highest BCUT2D eigenvalue weighted by atomic mass is 32.2. The maximum absolute atomic E-state index is 12.6. The second-order valence-corrected chi connectivity index (χ2v) is 7.61. The van der Waals surface area contributed by atoms with E-state index in [0.717, 1.165) is 32.1 Å². The zero-order valence-corrected chi connectivity index (χ0v) is 13.0. The van der Waals surface area contributed by atoms with Gasteiger partial charge in [-0.3, -0.25) is 0 Å². The van der Waals surface area contributed by atoms with Crippen molar-refractivity contribution in [3.63, 3.8) is 0 Å². The summed E-state index contributed by atoms with van der Waals surface area (Å²) in [6.07, 6.45) is 5.11. The quantitative estimate of drug-likeness (QED) is 0.841. The van der Waals surface area contributed by atoms with Gasteiger partial charge in [0.25, 0.3) is 10.2 Å². The van der Waals surface area contributed by atoms with Crippen LogP contribution in [-0.4, -0.2) is 56.3 Å². The van der Waals surface area contributed by atoms with Crippen LogP contribution in [0, 0.1) is 5.92 Å². The topological polar surface area (TPSA) is 52.7 Å². The summed E-state index contributed by atoms with van der Waals surface area (Å²) in [6, 6.07) is 0.456. The van der Waals surface area contributed by atoms with Gasteiger partial charge >= 0.3 is 0 Å². The molecule has 0 aliphatic carbocycles. The Morgan fingerprint density at radius 1 is 1.11 bits per heavy atom. The van der Waals surface area contributed by atoms with E-state index in [9.17, 15) is 8.42 Å². The lowest BCUT2D eigenvalue weighted by molar-refractivity contribution is 0.195. The molecule has 0 spiro atoms. The summed E-state index contributed by atoms with van der Waals surface area (Å²) < 4.78 is 28.6. The minimum absolute atomic E-state index is 0.429. The van der Waals surface area contributed by atoms with Crippen LogP contribution in [0.5, 0.6) is 0 Å². The summed E-state index contributed by atoms with van der Waals surface area (Å²) in [5.74, 6) is 0.429. The number of nitrogens with one attached hydrogen (secondary N) is 1. The summed E-state index contributed by atoms with van der Waals surface area (Å²) in [7, 11) is -1.25. The first-order chi connectivity index (χ1) is 9.09. The van der Waals surface area contributed by atoms with E-state index in [1.165, 1.54) is 0 Å². The van der Waals surface area contributed by atoms with Crippen LogP contribution >= 0.6 is 0 Å². The molecule has 0 aromatic rings. The zero-order valence-electron chi connectivity index (χ0n) is 12.1. The van der Waals surface area contributed by atoms with E-state index in [1.54, 1.807) is 8.61 Å². The molecule has 1 N–H and O–H groups in total. The van der Waals surface area contributed by atoms with E-state index in [-0.39, 0.29) is 0 Å². The molecule has 0 aromatic carbocycles. The van der Waals surface area contributed by atoms with Crippen molar-refractivity contribution < 1.29 is 8.42 Å². The molecule has 0 aromatic heterocycles. The maximum Gasteiger partial charge on any atom is 0.281 e. The highest BCUT2D eigenvalue weighted by molar-refractivity contribution is 7.86. The molecule has 2 aliphatic heterocycles. The Morgan fingerprint density at radius 3 is 2.37 bits per heavy atom. The Balaban J connectivity index is 2.04. The Bertz CT molecular complexity index is 379. The van der Waals surface area contributed by atoms with Crippen molar-refractivity contribution in [3.8, 4) is 0 Å². The Hall–Kier alpha value is -0.170. The van der Waals surface area contributed by atoms with Crippen molar-refractivity contribution in [1.29, 1.82) is 0 Å². The van der Waals surface area contributed by atoms with Crippen molar-refractivity contribution in [2.45, 2.75) is 45.1 Å². The summed E-state index contributed by atoms with van der Waals surface area (Å²) in [6.45, 7) is 4.86. The first-order valence-corrected chi connectivity index (χ1v) is 8.91. The minimum atomic E-state index is -3.22. The molecule has 0 radical (unpaired) electrons. The van der Waals surface area contributed by atoms with Gasteiger partial charge in [0.2, 0.25) is 0 Å². The van der Waals surface area contributed by atoms with Gasteiger partial charge < -0.3 is 5.32 Å². The van der Waals surface area contributed by atoms with Gasteiger partial charge in [-0.15, -0.1) is 0 Å². The van der Waals surface area contributed by atoms with Crippen molar-refractivity contribution in [2.75, 3.05) is 33.2 Å². The third-order valence-electron chi connectivity index (χ3n) is 4.56. The van der Waals surface area contributed by atoms with Crippen LogP contribution < -0.4 is 5.32 Å². The minimum Gasteiger partial charge on any atom is -0.317 e. The molecule has 0 saturated carbocycles. The van der Waals surface area contributed by atoms with Crippen LogP contribution in [0.2, 0.25) is 0 Å². The lowest BCUT2D eigenvalue weighted by Crippen LogP contribution is -2.54. The summed E-state index contributed by atoms with van der Waals surface area (Å²) in [5.41, 5.74) is 0. The molecule has 2 fully saturated rings. The first kappa shape index (κ1) is 15.2. The summed E-state index contributed by atoms with van der Waals surface area (Å²) in [5, 5.41) is 3.32. The van der Waals surface area contributed by atoms with E-state index in [2.05, 4.69) is 12.2 Å². The van der Waals surface area contributed by atoms with E-state index in [0.29, 0.717) is 38.1 Å². The molecule has 6 heteroatoms. The third kappa shape index (κ3) is 3.29. The van der Waals surface area contributed by atoms with E-state index >= 15 is 0 Å². The van der Waals surface area contributed by atoms with E-state index in [1.807, 2.05) is 7.05 Å². The average molecular weight is 289 g/mol. The molecule has 2 aliphatic rings. The second-order valence-electron chi connectivity index (χ2n) is 5.68. The predicted molar refractivity (Wildman–Crippen MR) is 77.2 cm³/mol. The second kappa shape index (κ2) is 6.52. The van der Waals surface area contributed by atoms with Gasteiger partial charge in [-0.05, 0) is 32.2 Å². The van der Waals surface area contributed by atoms with Crippen molar-refractivity contribution in [2.24, 2.45) is 5.92 Å². The molecule has 0 bridgehead atoms. The predicted octanol–water partition coefficient (Wildman–Crippen LogP) is 1.04. The first-order valence-electron chi connectivity index (χ1n) is 7.52. The fourth-order valence-electron chi connectivity index (χ4n) is 3.26. The number of nitrogens with zero attached hydrogens (tertiary/aromatic N) is 2. The maximum atomic E-state index is 12.6. The van der Waals surface area contributed by atoms with Gasteiger partial charge in [0, 0.05) is 32.2 Å². The van der Waals surface area contributed by atoms with Crippen LogP contribution in [0.15, 0.2) is 0 Å². The van der Waals surface area contributed by atoms with Crippen molar-refractivity contribution in [3.05, 3.63) is 0 Å². The van der Waals surface area contributed by atoms with Crippen LogP contribution in [0.3, 0.4) is 0 Å². The molecule has 2 heterocycles. The van der Waals surface area contributed by atoms with Gasteiger partial charge in [0.1, 0.15) is 0 Å². The van der Waals surface area contributed by atoms with Crippen molar-refractivity contribution in [1.82, 2.24) is 13.9 Å². The number of rotatable bonds is 4. The molecule has 0 amide bonds. The van der Waals surface area contributed by atoms with Gasteiger partial charge in [0.05, 0.1) is 0 Å². The normalized spacial score (nSPS) is 31.5. The molecule has 2 atom stereocenters. The SMILES string of the molecule is CCC1CN(S(=O)(=O)N2CCCCC2)CCC1NC. The van der Waals surface area contributed by atoms with Gasteiger partial charge in [0.15, 0.2) is 0 Å². The van der Waals surface area contributed by atoms with Gasteiger partial charge in [-0.1, -0.05) is 19.8 Å². The molecule has 2 rings (SSSR count). The van der Waals surface area contributed by atoms with Gasteiger partial charge in [-0.25, -0.2) is 0 Å². The number of hydrogen-bond donors (Lipinski definition) is 1. The molecule has 2 saturated heterocycles. The van der Waals surface area contributed by atoms with Crippen LogP contribution in [-0.2, 0) is 10.2 Å². The Morgan fingerprint density at radius 2 is 1.79 bits per heavy atom. The lowest BCUT2D eigenvalue weighted by Gasteiger charge is -2.40. The van der Waals surface area contributed by atoms with E-state index in [4.69, 9.17) is 0 Å². The van der Waals surface area contributed by atoms with Crippen molar-refractivity contribution >= 4 is 10.2 Å². The number of piperidine rings is 2. The molecule has 19 heavy (non-hydrogen) atoms. The smallest absolute Gasteiger partial charge is 0.281 e. The number of hydrogen-bond acceptors (Lipinski definition) is 3. The summed E-state index contributed by atoms with van der Waals surface area (Å²) >= 11 is 0. The standard InChI is InChI=1S/C13H27N3O2S/c1-3-12-11-16(10-7-13(12)14-2)19(17,18)15-8-5-4-6-9-15/h12-14H,3-11H2,1-2H3. The summed E-state index contributed by atoms with van der Waals surface area (Å²) in [4.78, 5) is 0. The molecule has 2 unspecified atom stereocenters. The van der Waals surface area contributed by atoms with Crippen LogP contribution in [0.25, 0.3) is 0 Å². The lowest BCUT2D eigenvalue weighted by atomic mass is 9.91. The Kier molecular flexibility index (Phi) is 5.22. The molecular weight excluding hydrogens is 262 g/mol. The fourth-order valence-corrected chi connectivity index (χ4v) is 5.02. The highest BCUT2D eigenvalue weighted by Gasteiger charge is 2.36. The van der Waals surface area contributed by atoms with Gasteiger partial charge in [-0.2, -0.15) is 17.0 Å². The molecular formula is C13H27N3O2S.